The number of carbonyl (C=O) groups excluding carboxylic acids is 2. The Morgan fingerprint density at radius 1 is 0.483 bits per heavy atom. The van der Waals surface area contributed by atoms with E-state index in [2.05, 4.69) is 74.7 Å². The fourth-order valence-electron chi connectivity index (χ4n) is 7.80. The lowest BCUT2D eigenvalue weighted by Gasteiger charge is -2.24. The molecule has 0 rings (SSSR count). The third kappa shape index (κ3) is 42.5. The third-order valence-corrected chi connectivity index (χ3v) is 11.8. The molecular formula is C54H99NO5. The van der Waals surface area contributed by atoms with E-state index in [1.165, 1.54) is 141 Å². The maximum Gasteiger partial charge on any atom is 0.306 e. The molecule has 0 saturated heterocycles. The predicted octanol–water partition coefficient (Wildman–Crippen LogP) is 15.5. The summed E-state index contributed by atoms with van der Waals surface area (Å²) in [6.07, 6.45) is 57.3. The zero-order valence-electron chi connectivity index (χ0n) is 39.8. The fraction of sp³-hybridized carbons (Fsp3) is 0.815. The monoisotopic (exact) mass is 842 g/mol. The summed E-state index contributed by atoms with van der Waals surface area (Å²) in [5.74, 6) is -0.505. The first-order valence-corrected chi connectivity index (χ1v) is 25.9. The van der Waals surface area contributed by atoms with Gasteiger partial charge in [-0.15, -0.1) is 0 Å². The second-order valence-electron chi connectivity index (χ2n) is 17.7. The molecule has 1 amide bonds. The van der Waals surface area contributed by atoms with Gasteiger partial charge in [0.1, 0.15) is 6.10 Å². The van der Waals surface area contributed by atoms with E-state index < -0.39 is 18.2 Å². The topological polar surface area (TPSA) is 95.9 Å². The van der Waals surface area contributed by atoms with E-state index in [-0.39, 0.29) is 24.9 Å². The van der Waals surface area contributed by atoms with Crippen LogP contribution in [0.4, 0.5) is 0 Å². The summed E-state index contributed by atoms with van der Waals surface area (Å²) in [6, 6.07) is -0.712. The number of esters is 1. The zero-order chi connectivity index (χ0) is 43.8. The molecule has 0 heterocycles. The Balaban J connectivity index is 4.67. The van der Waals surface area contributed by atoms with Gasteiger partial charge in [-0.2, -0.15) is 0 Å². The number of hydrogen-bond acceptors (Lipinski definition) is 5. The normalized spacial score (nSPS) is 13.6. The van der Waals surface area contributed by atoms with Crippen molar-refractivity contribution in [1.82, 2.24) is 5.32 Å². The first-order valence-electron chi connectivity index (χ1n) is 25.9. The minimum atomic E-state index is -0.797. The van der Waals surface area contributed by atoms with Crippen LogP contribution in [0.3, 0.4) is 0 Å². The maximum atomic E-state index is 13.2. The minimum absolute atomic E-state index is 0.0539. The van der Waals surface area contributed by atoms with Crippen LogP contribution in [0, 0.1) is 0 Å². The number of carbonyl (C=O) groups is 2. The lowest BCUT2D eigenvalue weighted by Crippen LogP contribution is -2.46. The van der Waals surface area contributed by atoms with Gasteiger partial charge >= 0.3 is 5.97 Å². The molecule has 0 aliphatic rings. The van der Waals surface area contributed by atoms with Crippen molar-refractivity contribution in [2.24, 2.45) is 0 Å². The minimum Gasteiger partial charge on any atom is -0.462 e. The average molecular weight is 842 g/mol. The van der Waals surface area contributed by atoms with E-state index in [0.29, 0.717) is 19.3 Å². The highest BCUT2D eigenvalue weighted by Crippen LogP contribution is 2.18. The van der Waals surface area contributed by atoms with Gasteiger partial charge in [0.15, 0.2) is 0 Å². The number of amides is 1. The number of ether oxygens (including phenoxy) is 1. The van der Waals surface area contributed by atoms with Gasteiger partial charge < -0.3 is 20.3 Å². The number of hydrogen-bond donors (Lipinski definition) is 3. The number of aliphatic hydroxyl groups is 2. The van der Waals surface area contributed by atoms with E-state index in [0.717, 1.165) is 70.6 Å². The third-order valence-electron chi connectivity index (χ3n) is 11.8. The van der Waals surface area contributed by atoms with Crippen molar-refractivity contribution in [3.05, 3.63) is 48.6 Å². The molecule has 350 valence electrons. The highest BCUT2D eigenvalue weighted by Gasteiger charge is 2.24. The van der Waals surface area contributed by atoms with Crippen LogP contribution in [0.15, 0.2) is 48.6 Å². The largest absolute Gasteiger partial charge is 0.462 e. The van der Waals surface area contributed by atoms with Crippen molar-refractivity contribution >= 4 is 11.9 Å². The van der Waals surface area contributed by atoms with E-state index >= 15 is 0 Å². The van der Waals surface area contributed by atoms with Crippen LogP contribution in [0.2, 0.25) is 0 Å². The molecule has 6 nitrogen and oxygen atoms in total. The first-order chi connectivity index (χ1) is 29.5. The van der Waals surface area contributed by atoms with Crippen LogP contribution in [0.25, 0.3) is 0 Å². The van der Waals surface area contributed by atoms with Crippen LogP contribution >= 0.6 is 0 Å². The van der Waals surface area contributed by atoms with Gasteiger partial charge in [-0.05, 0) is 51.4 Å². The van der Waals surface area contributed by atoms with E-state index in [9.17, 15) is 19.8 Å². The molecule has 3 unspecified atom stereocenters. The molecule has 0 aromatic heterocycles. The Kier molecular flexibility index (Phi) is 46.1. The summed E-state index contributed by atoms with van der Waals surface area (Å²) in [4.78, 5) is 26.1. The zero-order valence-corrected chi connectivity index (χ0v) is 39.8. The molecule has 0 fully saturated rings. The molecule has 3 atom stereocenters. The van der Waals surface area contributed by atoms with Crippen LogP contribution in [-0.4, -0.2) is 46.9 Å². The van der Waals surface area contributed by atoms with Gasteiger partial charge in [-0.25, -0.2) is 0 Å². The Hall–Kier alpha value is -2.18. The summed E-state index contributed by atoms with van der Waals surface area (Å²) in [7, 11) is 0. The molecule has 3 N–H and O–H groups in total. The summed E-state index contributed by atoms with van der Waals surface area (Å²) in [5, 5.41) is 23.7. The molecule has 6 heteroatoms. The molecule has 0 aliphatic heterocycles. The van der Waals surface area contributed by atoms with Crippen molar-refractivity contribution in [3.8, 4) is 0 Å². The molecule has 0 aromatic rings. The van der Waals surface area contributed by atoms with Crippen molar-refractivity contribution in [1.29, 1.82) is 0 Å². The Bertz CT molecular complexity index is 1040. The van der Waals surface area contributed by atoms with Crippen molar-refractivity contribution < 1.29 is 24.5 Å². The molecule has 0 aliphatic carbocycles. The number of unbranched alkanes of at least 4 members (excludes halogenated alkanes) is 29. The summed E-state index contributed by atoms with van der Waals surface area (Å²) < 4.78 is 5.92. The first kappa shape index (κ1) is 57.8. The van der Waals surface area contributed by atoms with Crippen molar-refractivity contribution in [2.45, 2.75) is 277 Å². The Morgan fingerprint density at radius 3 is 1.32 bits per heavy atom. The standard InChI is InChI=1S/C54H99NO5/c1-4-7-10-13-16-19-22-25-26-27-29-30-33-36-39-42-45-50(60-54(59)47-44-41-38-35-32-28-23-20-17-14-11-8-5-2)48-53(58)55-51(49-56)52(57)46-43-40-37-34-31-24-21-18-15-12-9-6-3/h16,19,22,25-27,29-30,50-52,56-57H,4-15,17-18,20-21,23-24,28,31-49H2,1-3H3,(H,55,58)/b19-16+,25-22+,27-26+,30-29+. The van der Waals surface area contributed by atoms with E-state index in [1.54, 1.807) is 0 Å². The maximum absolute atomic E-state index is 13.2. The summed E-state index contributed by atoms with van der Waals surface area (Å²) in [6.45, 7) is 6.44. The van der Waals surface area contributed by atoms with E-state index in [4.69, 9.17) is 4.74 Å². The quantitative estimate of drug-likeness (QED) is 0.0322. The SMILES string of the molecule is CCCCC/C=C/C=C/C=C/C=C/CCCCCC(CC(=O)NC(CO)C(O)CCCCCCCCCCCCCC)OC(=O)CCCCCCCCCCCCCCC. The van der Waals surface area contributed by atoms with Gasteiger partial charge in [0.05, 0.1) is 25.2 Å². The van der Waals surface area contributed by atoms with Crippen molar-refractivity contribution in [2.75, 3.05) is 6.61 Å². The highest BCUT2D eigenvalue weighted by molar-refractivity contribution is 5.77. The summed E-state index contributed by atoms with van der Waals surface area (Å²) >= 11 is 0. The number of nitrogens with one attached hydrogen (secondary N) is 1. The molecule has 60 heavy (non-hydrogen) atoms. The van der Waals surface area contributed by atoms with Crippen LogP contribution < -0.4 is 5.32 Å². The van der Waals surface area contributed by atoms with Gasteiger partial charge in [0.2, 0.25) is 5.91 Å². The second kappa shape index (κ2) is 47.9. The Labute approximate surface area is 372 Å². The molecule has 0 saturated carbocycles. The number of allylic oxidation sites excluding steroid dienone is 8. The highest BCUT2D eigenvalue weighted by atomic mass is 16.5. The predicted molar refractivity (Wildman–Crippen MR) is 259 cm³/mol. The van der Waals surface area contributed by atoms with Gasteiger partial charge in [-0.1, -0.05) is 243 Å². The molecule has 0 bridgehead atoms. The molecule has 0 radical (unpaired) electrons. The second-order valence-corrected chi connectivity index (χ2v) is 17.7. The smallest absolute Gasteiger partial charge is 0.306 e. The van der Waals surface area contributed by atoms with Crippen LogP contribution in [0.1, 0.15) is 258 Å². The van der Waals surface area contributed by atoms with Gasteiger partial charge in [0.25, 0.3) is 0 Å². The lowest BCUT2D eigenvalue weighted by atomic mass is 10.0. The molecule has 0 aromatic carbocycles. The van der Waals surface area contributed by atoms with Crippen LogP contribution in [0.5, 0.6) is 0 Å². The fourth-order valence-corrected chi connectivity index (χ4v) is 7.80. The number of aliphatic hydroxyl groups excluding tert-OH is 2. The van der Waals surface area contributed by atoms with E-state index in [1.807, 2.05) is 0 Å². The Morgan fingerprint density at radius 2 is 0.850 bits per heavy atom. The van der Waals surface area contributed by atoms with Gasteiger partial charge in [-0.3, -0.25) is 9.59 Å². The summed E-state index contributed by atoms with van der Waals surface area (Å²) in [5.41, 5.74) is 0. The van der Waals surface area contributed by atoms with Crippen LogP contribution in [-0.2, 0) is 14.3 Å². The average Bonchev–Trinajstić information content (AvgIpc) is 3.24. The molecule has 0 spiro atoms. The lowest BCUT2D eigenvalue weighted by molar-refractivity contribution is -0.151. The number of rotatable bonds is 46. The van der Waals surface area contributed by atoms with Crippen molar-refractivity contribution in [3.63, 3.8) is 0 Å². The molecular weight excluding hydrogens is 743 g/mol. The van der Waals surface area contributed by atoms with Gasteiger partial charge in [0, 0.05) is 6.42 Å².